The van der Waals surface area contributed by atoms with Crippen LogP contribution in [0, 0.1) is 26.7 Å². The number of piperidine rings is 1. The molecule has 1 atom stereocenters. The van der Waals surface area contributed by atoms with E-state index in [1.807, 2.05) is 38.1 Å². The highest BCUT2D eigenvalue weighted by Gasteiger charge is 2.29. The predicted octanol–water partition coefficient (Wildman–Crippen LogP) is 5.49. The van der Waals surface area contributed by atoms with E-state index in [9.17, 15) is 9.59 Å². The molecule has 2 saturated heterocycles. The summed E-state index contributed by atoms with van der Waals surface area (Å²) in [7, 11) is 0. The van der Waals surface area contributed by atoms with Crippen molar-refractivity contribution in [3.8, 4) is 0 Å². The number of hydrogen-bond acceptors (Lipinski definition) is 5. The van der Waals surface area contributed by atoms with Crippen LogP contribution in [-0.2, 0) is 17.8 Å². The van der Waals surface area contributed by atoms with Gasteiger partial charge >= 0.3 is 0 Å². The number of aryl methyl sites for hydroxylation is 2. The maximum absolute atomic E-state index is 13.6. The number of anilines is 1. The Morgan fingerprint density at radius 3 is 2.41 bits per heavy atom. The molecule has 0 radical (unpaired) electrons. The molecule has 6 rings (SSSR count). The van der Waals surface area contributed by atoms with Crippen molar-refractivity contribution in [2.75, 3.05) is 44.3 Å². The number of hydrogen-bond donors (Lipinski definition) is 2. The van der Waals surface area contributed by atoms with Gasteiger partial charge in [0.2, 0.25) is 0 Å². The number of aromatic nitrogens is 2. The van der Waals surface area contributed by atoms with Crippen molar-refractivity contribution in [3.63, 3.8) is 0 Å². The summed E-state index contributed by atoms with van der Waals surface area (Å²) in [4.78, 5) is 34.0. The second-order valence-corrected chi connectivity index (χ2v) is 12.6. The molecule has 2 aromatic carbocycles. The van der Waals surface area contributed by atoms with Crippen molar-refractivity contribution >= 4 is 22.5 Å². The number of morpholine rings is 1. The van der Waals surface area contributed by atoms with E-state index < -0.39 is 0 Å². The molecule has 0 spiro atoms. The summed E-state index contributed by atoms with van der Waals surface area (Å²) in [6.07, 6.45) is 2.19. The van der Waals surface area contributed by atoms with Gasteiger partial charge in [-0.3, -0.25) is 14.5 Å². The van der Waals surface area contributed by atoms with Gasteiger partial charge in [-0.15, -0.1) is 0 Å². The molecule has 0 bridgehead atoms. The normalized spacial score (nSPS) is 17.2. The molecule has 0 saturated carbocycles. The Morgan fingerprint density at radius 2 is 1.70 bits per heavy atom. The SMILES string of the molecule is Cc1cc(C)c(CNC(=O)c2c(C)n(C(C)C3CCN(c4ccc(CN5CCOCC5)cc4)CC3)c3ccccc23)c(=O)[nH]1. The monoisotopic (exact) mass is 595 g/mol. The quantitative estimate of drug-likeness (QED) is 0.281. The Hall–Kier alpha value is -3.88. The number of pyridine rings is 1. The van der Waals surface area contributed by atoms with Gasteiger partial charge in [0, 0.05) is 78.9 Å². The van der Waals surface area contributed by atoms with Gasteiger partial charge in [-0.05, 0) is 81.8 Å². The predicted molar refractivity (Wildman–Crippen MR) is 177 cm³/mol. The summed E-state index contributed by atoms with van der Waals surface area (Å²) < 4.78 is 7.86. The van der Waals surface area contributed by atoms with E-state index in [0.29, 0.717) is 17.0 Å². The standard InChI is InChI=1S/C36H45N5O3/c1-24-21-25(2)38-35(42)32(24)22-37-36(43)34-27(4)41(33-8-6-5-7-31(33)34)26(3)29-13-15-40(16-14-29)30-11-9-28(10-12-30)23-39-17-19-44-20-18-39/h5-12,21,26,29H,13-20,22-23H2,1-4H3,(H,37,43)(H,38,42). The molecule has 8 heteroatoms. The summed E-state index contributed by atoms with van der Waals surface area (Å²) in [6, 6.07) is 19.5. The first kappa shape index (κ1) is 30.2. The maximum atomic E-state index is 13.6. The lowest BCUT2D eigenvalue weighted by molar-refractivity contribution is 0.0342. The molecule has 2 aliphatic heterocycles. The van der Waals surface area contributed by atoms with Crippen LogP contribution in [0.15, 0.2) is 59.4 Å². The van der Waals surface area contributed by atoms with Gasteiger partial charge in [-0.1, -0.05) is 30.3 Å². The molecule has 2 aliphatic rings. The van der Waals surface area contributed by atoms with Gasteiger partial charge in [0.05, 0.1) is 18.8 Å². The van der Waals surface area contributed by atoms with E-state index in [1.165, 1.54) is 11.3 Å². The second-order valence-electron chi connectivity index (χ2n) is 12.6. The molecule has 1 unspecified atom stereocenters. The van der Waals surface area contributed by atoms with E-state index in [2.05, 4.69) is 68.8 Å². The van der Waals surface area contributed by atoms with E-state index in [4.69, 9.17) is 4.74 Å². The van der Waals surface area contributed by atoms with Crippen LogP contribution in [0.3, 0.4) is 0 Å². The van der Waals surface area contributed by atoms with Crippen LogP contribution in [0.25, 0.3) is 10.9 Å². The number of nitrogens with one attached hydrogen (secondary N) is 2. The third-order valence-electron chi connectivity index (χ3n) is 9.74. The molecule has 232 valence electrons. The van der Waals surface area contributed by atoms with Gasteiger partial charge in [-0.2, -0.15) is 0 Å². The zero-order valence-electron chi connectivity index (χ0n) is 26.5. The van der Waals surface area contributed by atoms with Crippen LogP contribution in [0.2, 0.25) is 0 Å². The Kier molecular flexibility index (Phi) is 8.91. The number of nitrogens with zero attached hydrogens (tertiary/aromatic N) is 3. The minimum absolute atomic E-state index is 0.143. The van der Waals surface area contributed by atoms with E-state index in [1.54, 1.807) is 0 Å². The van der Waals surface area contributed by atoms with Crippen molar-refractivity contribution in [3.05, 3.63) is 98.6 Å². The van der Waals surface area contributed by atoms with Crippen molar-refractivity contribution in [1.82, 2.24) is 19.8 Å². The largest absolute Gasteiger partial charge is 0.379 e. The van der Waals surface area contributed by atoms with E-state index in [-0.39, 0.29) is 24.1 Å². The van der Waals surface area contributed by atoms with Gasteiger partial charge in [0.1, 0.15) is 0 Å². The average Bonchev–Trinajstić information content (AvgIpc) is 3.32. The minimum atomic E-state index is -0.147. The summed E-state index contributed by atoms with van der Waals surface area (Å²) >= 11 is 0. The van der Waals surface area contributed by atoms with E-state index >= 15 is 0 Å². The number of carbonyl (C=O) groups is 1. The number of fused-ring (bicyclic) bond motifs is 1. The number of rotatable bonds is 8. The lowest BCUT2D eigenvalue weighted by Crippen LogP contribution is -2.36. The highest BCUT2D eigenvalue weighted by molar-refractivity contribution is 6.08. The zero-order valence-corrected chi connectivity index (χ0v) is 26.5. The van der Waals surface area contributed by atoms with Gasteiger partial charge in [0.15, 0.2) is 0 Å². The van der Waals surface area contributed by atoms with Gasteiger partial charge < -0.3 is 24.5 Å². The second kappa shape index (κ2) is 13.0. The van der Waals surface area contributed by atoms with Crippen LogP contribution in [0.4, 0.5) is 5.69 Å². The highest BCUT2D eigenvalue weighted by Crippen LogP contribution is 2.36. The fraction of sp³-hybridized carbons (Fsp3) is 0.444. The fourth-order valence-corrected chi connectivity index (χ4v) is 7.24. The van der Waals surface area contributed by atoms with Crippen LogP contribution in [0.1, 0.15) is 64.2 Å². The van der Waals surface area contributed by atoms with Crippen LogP contribution in [-0.4, -0.2) is 59.8 Å². The topological polar surface area (TPSA) is 82.6 Å². The van der Waals surface area contributed by atoms with Gasteiger partial charge in [0.25, 0.3) is 11.5 Å². The van der Waals surface area contributed by atoms with Crippen LogP contribution >= 0.6 is 0 Å². The molecular formula is C36H45N5O3. The van der Waals surface area contributed by atoms with Crippen molar-refractivity contribution in [2.45, 2.75) is 59.7 Å². The molecule has 4 heterocycles. The maximum Gasteiger partial charge on any atom is 0.254 e. The molecule has 8 nitrogen and oxygen atoms in total. The summed E-state index contributed by atoms with van der Waals surface area (Å²) in [5.74, 6) is 0.363. The first-order valence-corrected chi connectivity index (χ1v) is 16.0. The van der Waals surface area contributed by atoms with Gasteiger partial charge in [-0.25, -0.2) is 0 Å². The smallest absolute Gasteiger partial charge is 0.254 e. The third-order valence-corrected chi connectivity index (χ3v) is 9.74. The molecule has 2 aromatic heterocycles. The Labute approximate surface area is 260 Å². The average molecular weight is 596 g/mol. The summed E-state index contributed by atoms with van der Waals surface area (Å²) in [5.41, 5.74) is 7.56. The zero-order chi connectivity index (χ0) is 30.8. The number of H-pyrrole nitrogens is 1. The molecule has 44 heavy (non-hydrogen) atoms. The molecule has 1 amide bonds. The van der Waals surface area contributed by atoms with E-state index in [0.717, 1.165) is 86.6 Å². The number of benzene rings is 2. The van der Waals surface area contributed by atoms with Crippen LogP contribution in [0.5, 0.6) is 0 Å². The fourth-order valence-electron chi connectivity index (χ4n) is 7.24. The molecular weight excluding hydrogens is 550 g/mol. The number of carbonyl (C=O) groups excluding carboxylic acids is 1. The summed E-state index contributed by atoms with van der Waals surface area (Å²) in [6.45, 7) is 15.0. The Morgan fingerprint density at radius 1 is 1.00 bits per heavy atom. The number of ether oxygens (including phenoxy) is 1. The van der Waals surface area contributed by atoms with Crippen molar-refractivity contribution in [1.29, 1.82) is 0 Å². The number of aromatic amines is 1. The molecule has 4 aromatic rings. The van der Waals surface area contributed by atoms with Crippen molar-refractivity contribution < 1.29 is 9.53 Å². The molecule has 2 N–H and O–H groups in total. The van der Waals surface area contributed by atoms with Crippen molar-refractivity contribution in [2.24, 2.45) is 5.92 Å². The minimum Gasteiger partial charge on any atom is -0.379 e. The van der Waals surface area contributed by atoms with Crippen LogP contribution < -0.4 is 15.8 Å². The molecule has 2 fully saturated rings. The Balaban J connectivity index is 1.14. The highest BCUT2D eigenvalue weighted by atomic mass is 16.5. The number of para-hydroxylation sites is 1. The summed E-state index contributed by atoms with van der Waals surface area (Å²) in [5, 5.41) is 4.00. The molecule has 0 aliphatic carbocycles. The number of amides is 1. The lowest BCUT2D eigenvalue weighted by atomic mass is 9.89. The lowest BCUT2D eigenvalue weighted by Gasteiger charge is -2.37. The first-order valence-electron chi connectivity index (χ1n) is 16.0. The first-order chi connectivity index (χ1) is 21.3. The Bertz CT molecular complexity index is 1670. The third kappa shape index (κ3) is 6.19.